The molecule has 6 aliphatic rings. The van der Waals surface area contributed by atoms with Crippen LogP contribution in [0.4, 0.5) is 11.4 Å². The summed E-state index contributed by atoms with van der Waals surface area (Å²) in [5.74, 6) is 1.48. The van der Waals surface area contributed by atoms with Gasteiger partial charge in [-0.1, -0.05) is 24.3 Å². The topological polar surface area (TPSA) is 173 Å². The van der Waals surface area contributed by atoms with E-state index < -0.39 is 0 Å². The van der Waals surface area contributed by atoms with Crippen LogP contribution in [-0.2, 0) is 19.2 Å². The van der Waals surface area contributed by atoms with Gasteiger partial charge in [0, 0.05) is 46.9 Å². The quantitative estimate of drug-likeness (QED) is 0.427. The highest BCUT2D eigenvalue weighted by Gasteiger charge is 2.50. The molecule has 41 heavy (non-hydrogen) atoms. The Morgan fingerprint density at radius 1 is 0.610 bits per heavy atom. The van der Waals surface area contributed by atoms with Gasteiger partial charge in [0.1, 0.15) is 0 Å². The molecule has 4 atom stereocenters. The first-order valence-corrected chi connectivity index (χ1v) is 14.0. The van der Waals surface area contributed by atoms with Crippen molar-refractivity contribution in [3.63, 3.8) is 0 Å². The normalized spacial score (nSPS) is 26.5. The smallest absolute Gasteiger partial charge is 0.243 e. The summed E-state index contributed by atoms with van der Waals surface area (Å²) >= 11 is 0. The molecule has 4 saturated carbocycles. The Hall–Kier alpha value is -4.38. The zero-order chi connectivity index (χ0) is 27.4. The van der Waals surface area contributed by atoms with E-state index in [0.717, 1.165) is 72.4 Å². The largest absolute Gasteiger partial charge is 0.412 e. The van der Waals surface area contributed by atoms with Crippen LogP contribution in [0.1, 0.15) is 49.7 Å². The van der Waals surface area contributed by atoms with Crippen LogP contribution in [-0.4, -0.2) is 40.5 Å². The Balaban J connectivity index is 0.000000144. The van der Waals surface area contributed by atoms with Crippen molar-refractivity contribution < 1.29 is 24.7 Å². The van der Waals surface area contributed by atoms with Gasteiger partial charge in [0.05, 0.1) is 11.4 Å². The van der Waals surface area contributed by atoms with E-state index in [1.54, 1.807) is 0 Å². The molecule has 4 unspecified atom stereocenters. The summed E-state index contributed by atoms with van der Waals surface area (Å²) in [5, 5.41) is 14.2. The molecular weight excluding hydrogens is 524 g/mol. The molecule has 8 rings (SSSR count). The number of hydrazone groups is 2. The summed E-state index contributed by atoms with van der Waals surface area (Å²) in [6.07, 6.45) is 5.80. The highest BCUT2D eigenvalue weighted by molar-refractivity contribution is 6.10. The van der Waals surface area contributed by atoms with E-state index in [1.165, 1.54) is 0 Å². The highest BCUT2D eigenvalue weighted by atomic mass is 16.2. The van der Waals surface area contributed by atoms with Gasteiger partial charge in [0.2, 0.25) is 23.6 Å². The SMILES string of the molecule is O.O=C(Nc1ccc(C2=NNC(=O)C3CC23)cc1)C1CC1.O=C(Nc1ccc(C2=NNC(=O)C3CC23)cc1)C1CC1. The van der Waals surface area contributed by atoms with Crippen LogP contribution in [0.5, 0.6) is 0 Å². The number of carbonyl (C=O) groups is 4. The summed E-state index contributed by atoms with van der Waals surface area (Å²) in [6, 6.07) is 15.4. The standard InChI is InChI=1S/2C15H15N3O2.H2O/c2*19-14(9-1-2-9)16-10-5-3-8(4-6-10)13-11-7-12(11)15(20)18-17-13;/h2*3-6,9,11-12H,1-2,7H2,(H,16,19)(H,18,20);1H2. The number of benzene rings is 2. The lowest BCUT2D eigenvalue weighted by molar-refractivity contribution is -0.123. The first-order valence-electron chi connectivity index (χ1n) is 14.0. The van der Waals surface area contributed by atoms with E-state index in [4.69, 9.17) is 0 Å². The van der Waals surface area contributed by atoms with Crippen molar-refractivity contribution in [3.05, 3.63) is 59.7 Å². The predicted molar refractivity (Wildman–Crippen MR) is 152 cm³/mol. The molecule has 0 bridgehead atoms. The number of amides is 4. The third-order valence-corrected chi connectivity index (χ3v) is 8.32. The summed E-state index contributed by atoms with van der Waals surface area (Å²) in [6.45, 7) is 0. The molecule has 4 amide bonds. The van der Waals surface area contributed by atoms with Crippen LogP contribution in [0.25, 0.3) is 0 Å². The van der Waals surface area contributed by atoms with Crippen molar-refractivity contribution in [1.82, 2.24) is 10.9 Å². The zero-order valence-corrected chi connectivity index (χ0v) is 22.4. The van der Waals surface area contributed by atoms with Gasteiger partial charge < -0.3 is 16.1 Å². The van der Waals surface area contributed by atoms with Crippen LogP contribution in [0, 0.1) is 35.5 Å². The molecule has 4 aliphatic carbocycles. The van der Waals surface area contributed by atoms with E-state index >= 15 is 0 Å². The van der Waals surface area contributed by atoms with Gasteiger partial charge in [-0.3, -0.25) is 19.2 Å². The first kappa shape index (κ1) is 26.8. The van der Waals surface area contributed by atoms with Crippen molar-refractivity contribution in [3.8, 4) is 0 Å². The zero-order valence-electron chi connectivity index (χ0n) is 22.4. The number of hydrogen-bond donors (Lipinski definition) is 4. The van der Waals surface area contributed by atoms with Gasteiger partial charge >= 0.3 is 0 Å². The third-order valence-electron chi connectivity index (χ3n) is 8.32. The minimum absolute atomic E-state index is 0. The van der Waals surface area contributed by atoms with Crippen LogP contribution in [0.3, 0.4) is 0 Å². The van der Waals surface area contributed by atoms with Crippen molar-refractivity contribution >= 4 is 46.4 Å². The van der Waals surface area contributed by atoms with Gasteiger partial charge in [0.25, 0.3) is 0 Å². The maximum absolute atomic E-state index is 11.7. The molecule has 0 spiro atoms. The first-order chi connectivity index (χ1) is 19.4. The monoisotopic (exact) mass is 556 g/mol. The van der Waals surface area contributed by atoms with Gasteiger partial charge in [-0.15, -0.1) is 0 Å². The number of nitrogens with zero attached hydrogens (tertiary/aromatic N) is 2. The van der Waals surface area contributed by atoms with E-state index in [-0.39, 0.29) is 64.6 Å². The van der Waals surface area contributed by atoms with Crippen molar-refractivity contribution in [1.29, 1.82) is 0 Å². The lowest BCUT2D eigenvalue weighted by Crippen LogP contribution is -2.28. The average Bonchev–Trinajstić information content (AvgIpc) is 3.77. The Morgan fingerprint density at radius 3 is 1.32 bits per heavy atom. The molecule has 11 heteroatoms. The van der Waals surface area contributed by atoms with E-state index in [9.17, 15) is 19.2 Å². The van der Waals surface area contributed by atoms with Crippen LogP contribution >= 0.6 is 0 Å². The van der Waals surface area contributed by atoms with Gasteiger partial charge in [-0.05, 0) is 73.9 Å². The van der Waals surface area contributed by atoms with E-state index in [1.807, 2.05) is 48.5 Å². The Kier molecular flexibility index (Phi) is 6.90. The second-order valence-electron chi connectivity index (χ2n) is 11.5. The fraction of sp³-hybridized carbons (Fsp3) is 0.400. The lowest BCUT2D eigenvalue weighted by atomic mass is 10.0. The second-order valence-corrected chi connectivity index (χ2v) is 11.5. The maximum Gasteiger partial charge on any atom is 0.243 e. The van der Waals surface area contributed by atoms with Crippen LogP contribution in [0.15, 0.2) is 58.7 Å². The van der Waals surface area contributed by atoms with Gasteiger partial charge in [-0.25, -0.2) is 10.9 Å². The minimum Gasteiger partial charge on any atom is -0.412 e. The van der Waals surface area contributed by atoms with E-state index in [2.05, 4.69) is 31.7 Å². The molecule has 4 fully saturated rings. The summed E-state index contributed by atoms with van der Waals surface area (Å²) in [5.41, 5.74) is 10.7. The molecule has 0 radical (unpaired) electrons. The average molecular weight is 557 g/mol. The van der Waals surface area contributed by atoms with Gasteiger partial charge in [-0.2, -0.15) is 10.2 Å². The molecule has 2 aromatic carbocycles. The molecular formula is C30H32N6O5. The number of nitrogens with one attached hydrogen (secondary N) is 4. The van der Waals surface area contributed by atoms with Crippen molar-refractivity contribution in [2.75, 3.05) is 10.6 Å². The summed E-state index contributed by atoms with van der Waals surface area (Å²) in [4.78, 5) is 46.1. The van der Waals surface area contributed by atoms with E-state index in [0.29, 0.717) is 0 Å². The molecule has 6 N–H and O–H groups in total. The Bertz CT molecular complexity index is 1350. The third kappa shape index (κ3) is 5.76. The second kappa shape index (κ2) is 10.5. The Labute approximate surface area is 236 Å². The van der Waals surface area contributed by atoms with Crippen LogP contribution < -0.4 is 21.5 Å². The number of hydrogen-bond acceptors (Lipinski definition) is 6. The fourth-order valence-corrected chi connectivity index (χ4v) is 5.32. The van der Waals surface area contributed by atoms with Crippen LogP contribution in [0.2, 0.25) is 0 Å². The lowest BCUT2D eigenvalue weighted by Gasteiger charge is -2.12. The Morgan fingerprint density at radius 2 is 0.976 bits per heavy atom. The number of carbonyl (C=O) groups excluding carboxylic acids is 4. The number of anilines is 2. The minimum atomic E-state index is 0. The summed E-state index contributed by atoms with van der Waals surface area (Å²) < 4.78 is 0. The molecule has 0 aromatic heterocycles. The predicted octanol–water partition coefficient (Wildman–Crippen LogP) is 2.19. The van der Waals surface area contributed by atoms with Gasteiger partial charge in [0.15, 0.2) is 0 Å². The molecule has 212 valence electrons. The molecule has 11 nitrogen and oxygen atoms in total. The van der Waals surface area contributed by atoms with Crippen molar-refractivity contribution in [2.45, 2.75) is 38.5 Å². The molecule has 0 saturated heterocycles. The fourth-order valence-electron chi connectivity index (χ4n) is 5.32. The summed E-state index contributed by atoms with van der Waals surface area (Å²) in [7, 11) is 0. The molecule has 2 aromatic rings. The molecule has 2 aliphatic heterocycles. The van der Waals surface area contributed by atoms with Crippen molar-refractivity contribution in [2.24, 2.45) is 45.7 Å². The highest BCUT2D eigenvalue weighted by Crippen LogP contribution is 2.44. The maximum atomic E-state index is 11.7. The molecule has 2 heterocycles. The number of fused-ring (bicyclic) bond motifs is 2. The number of rotatable bonds is 6.